The third-order valence-corrected chi connectivity index (χ3v) is 5.52. The number of sulfone groups is 1. The van der Waals surface area contributed by atoms with E-state index in [1.165, 1.54) is 17.4 Å². The molecule has 0 heterocycles. The number of guanidine groups is 1. The van der Waals surface area contributed by atoms with Crippen molar-refractivity contribution >= 4 is 15.8 Å². The first-order valence-corrected chi connectivity index (χ1v) is 11.7. The number of hydrogen-bond acceptors (Lipinski definition) is 4. The van der Waals surface area contributed by atoms with E-state index < -0.39 is 9.84 Å². The van der Waals surface area contributed by atoms with Crippen LogP contribution in [-0.2, 0) is 9.84 Å². The summed E-state index contributed by atoms with van der Waals surface area (Å²) in [5.41, 5.74) is 2.54. The first kappa shape index (κ1) is 22.7. The Kier molecular flexibility index (Phi) is 8.51. The van der Waals surface area contributed by atoms with Crippen LogP contribution in [-0.4, -0.2) is 46.9 Å². The van der Waals surface area contributed by atoms with Crippen LogP contribution >= 0.6 is 0 Å². The molecule has 0 aliphatic rings. The third kappa shape index (κ3) is 7.77. The Morgan fingerprint density at radius 1 is 1.14 bits per heavy atom. The van der Waals surface area contributed by atoms with Gasteiger partial charge in [0.05, 0.1) is 11.4 Å². The first-order valence-electron chi connectivity index (χ1n) is 9.81. The molecule has 1 unspecified atom stereocenters. The number of aryl methyl sites for hydroxylation is 1. The van der Waals surface area contributed by atoms with E-state index in [1.54, 1.807) is 24.3 Å². The number of rotatable bonds is 9. The number of nitrogens with zero attached hydrogens (tertiary/aromatic N) is 1. The monoisotopic (exact) mass is 417 g/mol. The van der Waals surface area contributed by atoms with Gasteiger partial charge in [-0.3, -0.25) is 4.99 Å². The topological polar surface area (TPSA) is 79.8 Å². The molecule has 0 amide bonds. The Morgan fingerprint density at radius 3 is 2.48 bits per heavy atom. The van der Waals surface area contributed by atoms with Gasteiger partial charge in [0.1, 0.15) is 12.4 Å². The maximum absolute atomic E-state index is 11.5. The lowest BCUT2D eigenvalue weighted by atomic mass is 10.00. The molecule has 0 aliphatic carbocycles. The van der Waals surface area contributed by atoms with Crippen LogP contribution < -0.4 is 15.4 Å². The van der Waals surface area contributed by atoms with Gasteiger partial charge >= 0.3 is 0 Å². The van der Waals surface area contributed by atoms with E-state index in [9.17, 15) is 8.42 Å². The van der Waals surface area contributed by atoms with E-state index >= 15 is 0 Å². The van der Waals surface area contributed by atoms with Gasteiger partial charge in [-0.25, -0.2) is 8.42 Å². The average Bonchev–Trinajstić information content (AvgIpc) is 2.68. The molecule has 0 radical (unpaired) electrons. The van der Waals surface area contributed by atoms with E-state index in [0.29, 0.717) is 31.4 Å². The van der Waals surface area contributed by atoms with Crippen molar-refractivity contribution in [3.05, 3.63) is 59.7 Å². The predicted octanol–water partition coefficient (Wildman–Crippen LogP) is 3.14. The number of ether oxygens (including phenoxy) is 1. The standard InChI is InChI=1S/C22H31N3O3S/c1-5-23-22(25-16-18(3)19-8-6-7-17(2)15-19)24-13-14-28-20-9-11-21(12-10-20)29(4,26)27/h6-12,15,18H,5,13-14,16H2,1-4H3,(H2,23,24,25). The largest absolute Gasteiger partial charge is 0.492 e. The summed E-state index contributed by atoms with van der Waals surface area (Å²) >= 11 is 0. The van der Waals surface area contributed by atoms with E-state index in [0.717, 1.165) is 12.5 Å². The van der Waals surface area contributed by atoms with Gasteiger partial charge in [0.25, 0.3) is 0 Å². The van der Waals surface area contributed by atoms with Gasteiger partial charge in [0, 0.05) is 25.3 Å². The molecule has 2 aromatic carbocycles. The second kappa shape index (κ2) is 10.9. The predicted molar refractivity (Wildman–Crippen MR) is 119 cm³/mol. The minimum Gasteiger partial charge on any atom is -0.492 e. The van der Waals surface area contributed by atoms with E-state index in [2.05, 4.69) is 53.7 Å². The molecule has 2 rings (SSSR count). The lowest BCUT2D eigenvalue weighted by Crippen LogP contribution is -2.39. The summed E-state index contributed by atoms with van der Waals surface area (Å²) in [6.07, 6.45) is 1.19. The molecule has 0 saturated heterocycles. The molecule has 0 aromatic heterocycles. The molecule has 0 bridgehead atoms. The molecular weight excluding hydrogens is 386 g/mol. The van der Waals surface area contributed by atoms with Crippen LogP contribution in [0, 0.1) is 6.92 Å². The van der Waals surface area contributed by atoms with Crippen molar-refractivity contribution in [1.82, 2.24) is 10.6 Å². The Balaban J connectivity index is 1.83. The van der Waals surface area contributed by atoms with Crippen molar-refractivity contribution in [2.24, 2.45) is 4.99 Å². The van der Waals surface area contributed by atoms with Crippen molar-refractivity contribution in [2.45, 2.75) is 31.6 Å². The summed E-state index contributed by atoms with van der Waals surface area (Å²) in [4.78, 5) is 4.96. The highest BCUT2D eigenvalue weighted by molar-refractivity contribution is 7.90. The third-order valence-electron chi connectivity index (χ3n) is 4.39. The Bertz CT molecular complexity index is 909. The molecule has 0 fully saturated rings. The summed E-state index contributed by atoms with van der Waals surface area (Å²) in [6.45, 7) is 8.78. The molecule has 1 atom stereocenters. The molecular formula is C22H31N3O3S. The molecule has 2 N–H and O–H groups in total. The highest BCUT2D eigenvalue weighted by atomic mass is 32.2. The quantitative estimate of drug-likeness (QED) is 0.372. The normalized spacial score (nSPS) is 13.0. The van der Waals surface area contributed by atoms with Gasteiger partial charge in [0.15, 0.2) is 15.8 Å². The lowest BCUT2D eigenvalue weighted by Gasteiger charge is -2.14. The van der Waals surface area contributed by atoms with Gasteiger partial charge in [-0.05, 0) is 43.7 Å². The van der Waals surface area contributed by atoms with Crippen molar-refractivity contribution in [3.63, 3.8) is 0 Å². The van der Waals surface area contributed by atoms with Crippen molar-refractivity contribution in [2.75, 3.05) is 32.5 Å². The molecule has 0 saturated carbocycles. The Hall–Kier alpha value is -2.54. The summed E-state index contributed by atoms with van der Waals surface area (Å²) < 4.78 is 28.6. The van der Waals surface area contributed by atoms with Crippen LogP contribution in [0.25, 0.3) is 0 Å². The highest BCUT2D eigenvalue weighted by Gasteiger charge is 2.07. The Labute approximate surface area is 174 Å². The fourth-order valence-electron chi connectivity index (χ4n) is 2.77. The van der Waals surface area contributed by atoms with Crippen LogP contribution in [0.15, 0.2) is 58.4 Å². The second-order valence-electron chi connectivity index (χ2n) is 7.05. The zero-order chi connectivity index (χ0) is 21.3. The maximum Gasteiger partial charge on any atom is 0.191 e. The van der Waals surface area contributed by atoms with Crippen LogP contribution in [0.4, 0.5) is 0 Å². The smallest absolute Gasteiger partial charge is 0.191 e. The van der Waals surface area contributed by atoms with E-state index in [4.69, 9.17) is 4.74 Å². The lowest BCUT2D eigenvalue weighted by molar-refractivity contribution is 0.321. The molecule has 29 heavy (non-hydrogen) atoms. The molecule has 158 valence electrons. The minimum absolute atomic E-state index is 0.285. The molecule has 2 aromatic rings. The van der Waals surface area contributed by atoms with E-state index in [1.807, 2.05) is 6.92 Å². The van der Waals surface area contributed by atoms with E-state index in [-0.39, 0.29) is 4.90 Å². The summed E-state index contributed by atoms with van der Waals surface area (Å²) in [5.74, 6) is 1.72. The number of nitrogens with one attached hydrogen (secondary N) is 2. The summed E-state index contributed by atoms with van der Waals surface area (Å²) in [5, 5.41) is 6.50. The highest BCUT2D eigenvalue weighted by Crippen LogP contribution is 2.17. The first-order chi connectivity index (χ1) is 13.8. The second-order valence-corrected chi connectivity index (χ2v) is 9.07. The molecule has 0 aliphatic heterocycles. The minimum atomic E-state index is -3.19. The number of aliphatic imine (C=N–C) groups is 1. The summed E-state index contributed by atoms with van der Waals surface area (Å²) in [6, 6.07) is 14.9. The zero-order valence-electron chi connectivity index (χ0n) is 17.6. The fourth-order valence-corrected chi connectivity index (χ4v) is 3.40. The molecule has 6 nitrogen and oxygen atoms in total. The van der Waals surface area contributed by atoms with Gasteiger partial charge in [-0.1, -0.05) is 36.8 Å². The van der Waals surface area contributed by atoms with Crippen molar-refractivity contribution < 1.29 is 13.2 Å². The van der Waals surface area contributed by atoms with Crippen LogP contribution in [0.3, 0.4) is 0 Å². The summed E-state index contributed by atoms with van der Waals surface area (Å²) in [7, 11) is -3.19. The van der Waals surface area contributed by atoms with Crippen LogP contribution in [0.2, 0.25) is 0 Å². The van der Waals surface area contributed by atoms with Crippen LogP contribution in [0.5, 0.6) is 5.75 Å². The van der Waals surface area contributed by atoms with Crippen LogP contribution in [0.1, 0.15) is 30.9 Å². The maximum atomic E-state index is 11.5. The van der Waals surface area contributed by atoms with Gasteiger partial charge < -0.3 is 15.4 Å². The van der Waals surface area contributed by atoms with Crippen molar-refractivity contribution in [1.29, 1.82) is 0 Å². The molecule has 0 spiro atoms. The number of hydrogen-bond donors (Lipinski definition) is 2. The fraction of sp³-hybridized carbons (Fsp3) is 0.409. The molecule has 7 heteroatoms. The average molecular weight is 418 g/mol. The van der Waals surface area contributed by atoms with Gasteiger partial charge in [0.2, 0.25) is 0 Å². The van der Waals surface area contributed by atoms with Crippen molar-refractivity contribution in [3.8, 4) is 5.75 Å². The van der Waals surface area contributed by atoms with Gasteiger partial charge in [-0.15, -0.1) is 0 Å². The Morgan fingerprint density at radius 2 is 1.86 bits per heavy atom. The SMILES string of the molecule is CCNC(=NCC(C)c1cccc(C)c1)NCCOc1ccc(S(C)(=O)=O)cc1. The zero-order valence-corrected chi connectivity index (χ0v) is 18.4. The van der Waals surface area contributed by atoms with Gasteiger partial charge in [-0.2, -0.15) is 0 Å². The number of benzene rings is 2.